The van der Waals surface area contributed by atoms with E-state index < -0.39 is 11.4 Å². The summed E-state index contributed by atoms with van der Waals surface area (Å²) in [6, 6.07) is 0. The topological polar surface area (TPSA) is 35.4 Å². The van der Waals surface area contributed by atoms with Crippen molar-refractivity contribution < 1.29 is 4.55 Å². The first-order valence-electron chi connectivity index (χ1n) is 3.43. The van der Waals surface area contributed by atoms with Gasteiger partial charge in [-0.3, -0.25) is 0 Å². The zero-order valence-electron chi connectivity index (χ0n) is 7.05. The molecule has 0 aliphatic carbocycles. The molecule has 0 rings (SSSR count). The summed E-state index contributed by atoms with van der Waals surface area (Å²) in [5.74, 6) is 0. The van der Waals surface area contributed by atoms with E-state index in [-0.39, 0.29) is 4.75 Å². The van der Waals surface area contributed by atoms with Gasteiger partial charge in [-0.05, 0) is 27.2 Å². The minimum absolute atomic E-state index is 0.217. The van der Waals surface area contributed by atoms with Crippen LogP contribution in [0.3, 0.4) is 0 Å². The third kappa shape index (κ3) is 3.90. The second kappa shape index (κ2) is 3.98. The van der Waals surface area contributed by atoms with E-state index in [1.165, 1.54) is 0 Å². The van der Waals surface area contributed by atoms with Crippen LogP contribution in [0.15, 0.2) is 4.40 Å². The van der Waals surface area contributed by atoms with Gasteiger partial charge in [-0.15, -0.1) is 0 Å². The van der Waals surface area contributed by atoms with E-state index >= 15 is 0 Å². The summed E-state index contributed by atoms with van der Waals surface area (Å²) in [7, 11) is 0. The van der Waals surface area contributed by atoms with E-state index in [0.717, 1.165) is 6.42 Å². The molecule has 0 bridgehead atoms. The Bertz CT molecular complexity index is 117. The highest BCUT2D eigenvalue weighted by Crippen LogP contribution is 2.16. The molecule has 0 aliphatic rings. The van der Waals surface area contributed by atoms with Crippen molar-refractivity contribution in [2.24, 2.45) is 4.40 Å². The lowest BCUT2D eigenvalue weighted by atomic mass is 10.3. The fourth-order valence-corrected chi connectivity index (χ4v) is 0.901. The van der Waals surface area contributed by atoms with Crippen LogP contribution >= 0.6 is 0 Å². The molecule has 0 spiro atoms. The zero-order chi connectivity index (χ0) is 8.20. The van der Waals surface area contributed by atoms with E-state index in [1.807, 2.05) is 27.7 Å². The monoisotopic (exact) mass is 161 g/mol. The van der Waals surface area contributed by atoms with Crippen LogP contribution < -0.4 is 0 Å². The van der Waals surface area contributed by atoms with Crippen molar-refractivity contribution in [3.05, 3.63) is 0 Å². The Hall–Kier alpha value is -0.0200. The van der Waals surface area contributed by atoms with Crippen LogP contribution in [0.5, 0.6) is 0 Å². The largest absolute Gasteiger partial charge is 0.591 e. The fraction of sp³-hybridized carbons (Fsp3) is 0.857. The molecule has 0 fully saturated rings. The summed E-state index contributed by atoms with van der Waals surface area (Å²) in [5, 5.41) is 0. The van der Waals surface area contributed by atoms with Crippen molar-refractivity contribution in [2.45, 2.75) is 38.9 Å². The average molecular weight is 161 g/mol. The van der Waals surface area contributed by atoms with Crippen LogP contribution in [0.1, 0.15) is 34.1 Å². The quantitative estimate of drug-likeness (QED) is 0.450. The minimum Gasteiger partial charge on any atom is -0.591 e. The summed E-state index contributed by atoms with van der Waals surface area (Å²) >= 11 is -1.07. The van der Waals surface area contributed by atoms with Gasteiger partial charge in [0, 0.05) is 0 Å². The third-order valence-corrected chi connectivity index (χ3v) is 2.26. The van der Waals surface area contributed by atoms with Gasteiger partial charge in [0.05, 0.1) is 6.21 Å². The third-order valence-electron chi connectivity index (χ3n) is 0.877. The molecule has 0 amide bonds. The molecule has 3 heteroatoms. The molecule has 0 aromatic rings. The maximum absolute atomic E-state index is 11.1. The predicted molar refractivity (Wildman–Crippen MR) is 46.7 cm³/mol. The molecular weight excluding hydrogens is 146 g/mol. The number of rotatable bonds is 2. The Labute approximate surface area is 66.1 Å². The van der Waals surface area contributed by atoms with Gasteiger partial charge < -0.3 is 4.55 Å². The second-order valence-electron chi connectivity index (χ2n) is 3.06. The van der Waals surface area contributed by atoms with Crippen LogP contribution in [0.25, 0.3) is 0 Å². The van der Waals surface area contributed by atoms with Gasteiger partial charge in [0.2, 0.25) is 0 Å². The van der Waals surface area contributed by atoms with E-state index in [0.29, 0.717) is 0 Å². The molecule has 0 aliphatic heterocycles. The van der Waals surface area contributed by atoms with Gasteiger partial charge in [-0.25, -0.2) is 0 Å². The summed E-state index contributed by atoms with van der Waals surface area (Å²) < 4.78 is 14.8. The summed E-state index contributed by atoms with van der Waals surface area (Å²) in [5.41, 5.74) is 0. The number of hydrogen-bond donors (Lipinski definition) is 0. The lowest BCUT2D eigenvalue weighted by Crippen LogP contribution is -2.25. The Morgan fingerprint density at radius 3 is 2.30 bits per heavy atom. The van der Waals surface area contributed by atoms with Gasteiger partial charge in [0.25, 0.3) is 0 Å². The fourth-order valence-electron chi connectivity index (χ4n) is 0.300. The van der Waals surface area contributed by atoms with E-state index in [2.05, 4.69) is 4.40 Å². The Kier molecular flexibility index (Phi) is 3.98. The second-order valence-corrected chi connectivity index (χ2v) is 4.99. The highest BCUT2D eigenvalue weighted by Gasteiger charge is 2.25. The summed E-state index contributed by atoms with van der Waals surface area (Å²) in [6.07, 6.45) is 2.54. The molecule has 2 nitrogen and oxygen atoms in total. The minimum atomic E-state index is -1.07. The standard InChI is InChI=1S/C7H15NOS/c1-5-6-8-10(9)7(2,3)4/h6H,5H2,1-4H3/b8-6+/t10-/m0/s1. The highest BCUT2D eigenvalue weighted by atomic mass is 32.2. The van der Waals surface area contributed by atoms with Crippen molar-refractivity contribution in [1.29, 1.82) is 0 Å². The van der Waals surface area contributed by atoms with Crippen molar-refractivity contribution in [3.8, 4) is 0 Å². The Morgan fingerprint density at radius 1 is 1.50 bits per heavy atom. The van der Waals surface area contributed by atoms with E-state index in [4.69, 9.17) is 0 Å². The SMILES string of the molecule is CC/C=N/[S@@+]([O-])C(C)(C)C. The first kappa shape index (κ1) is 9.98. The molecule has 0 N–H and O–H groups in total. The van der Waals surface area contributed by atoms with Gasteiger partial charge in [0.1, 0.15) is 16.1 Å². The Balaban J connectivity index is 3.84. The molecule has 60 valence electrons. The number of nitrogens with zero attached hydrogens (tertiary/aromatic N) is 1. The maximum Gasteiger partial charge on any atom is 0.144 e. The van der Waals surface area contributed by atoms with E-state index in [9.17, 15) is 4.55 Å². The van der Waals surface area contributed by atoms with Crippen LogP contribution in [0.2, 0.25) is 0 Å². The molecule has 0 aromatic carbocycles. The van der Waals surface area contributed by atoms with E-state index in [1.54, 1.807) is 6.21 Å². The van der Waals surface area contributed by atoms with Crippen molar-refractivity contribution in [1.82, 2.24) is 0 Å². The lowest BCUT2D eigenvalue weighted by molar-refractivity contribution is 0.561. The normalized spacial score (nSPS) is 16.1. The molecule has 0 saturated carbocycles. The first-order valence-corrected chi connectivity index (χ1v) is 4.53. The first-order chi connectivity index (χ1) is 4.48. The summed E-state index contributed by atoms with van der Waals surface area (Å²) in [4.78, 5) is 0. The van der Waals surface area contributed by atoms with Gasteiger partial charge in [-0.2, -0.15) is 0 Å². The van der Waals surface area contributed by atoms with Gasteiger partial charge >= 0.3 is 0 Å². The zero-order valence-corrected chi connectivity index (χ0v) is 7.86. The van der Waals surface area contributed by atoms with Crippen molar-refractivity contribution in [3.63, 3.8) is 0 Å². The maximum atomic E-state index is 11.1. The van der Waals surface area contributed by atoms with Crippen LogP contribution in [-0.4, -0.2) is 15.5 Å². The summed E-state index contributed by atoms with van der Waals surface area (Å²) in [6.45, 7) is 7.71. The molecule has 0 radical (unpaired) electrons. The van der Waals surface area contributed by atoms with Crippen molar-refractivity contribution >= 4 is 17.6 Å². The molecule has 0 aromatic heterocycles. The van der Waals surface area contributed by atoms with Gasteiger partial charge in [0.15, 0.2) is 0 Å². The van der Waals surface area contributed by atoms with Crippen LogP contribution in [0.4, 0.5) is 0 Å². The molecule has 0 saturated heterocycles. The lowest BCUT2D eigenvalue weighted by Gasteiger charge is -2.17. The van der Waals surface area contributed by atoms with Crippen LogP contribution in [-0.2, 0) is 11.4 Å². The average Bonchev–Trinajstić information content (AvgIpc) is 1.80. The smallest absolute Gasteiger partial charge is 0.144 e. The highest BCUT2D eigenvalue weighted by molar-refractivity contribution is 7.91. The molecule has 0 unspecified atom stereocenters. The molecular formula is C7H15NOS. The Morgan fingerprint density at radius 2 is 2.00 bits per heavy atom. The van der Waals surface area contributed by atoms with Crippen LogP contribution in [0, 0.1) is 0 Å². The molecule has 0 heterocycles. The molecule has 10 heavy (non-hydrogen) atoms. The number of hydrogen-bond acceptors (Lipinski definition) is 2. The predicted octanol–water partition coefficient (Wildman–Crippen LogP) is 1.93. The van der Waals surface area contributed by atoms with Crippen molar-refractivity contribution in [2.75, 3.05) is 0 Å². The molecule has 1 atom stereocenters. The van der Waals surface area contributed by atoms with Gasteiger partial charge in [-0.1, -0.05) is 11.3 Å².